The van der Waals surface area contributed by atoms with Crippen LogP contribution in [0.15, 0.2) is 24.3 Å². The van der Waals surface area contributed by atoms with E-state index in [0.717, 1.165) is 0 Å². The summed E-state index contributed by atoms with van der Waals surface area (Å²) < 4.78 is 0. The molecule has 7 nitrogen and oxygen atoms in total. The molecule has 3 amide bonds. The van der Waals surface area contributed by atoms with E-state index in [1.54, 1.807) is 29.2 Å². The van der Waals surface area contributed by atoms with Gasteiger partial charge in [0.25, 0.3) is 0 Å². The van der Waals surface area contributed by atoms with E-state index >= 15 is 0 Å². The van der Waals surface area contributed by atoms with Gasteiger partial charge in [0.05, 0.1) is 11.7 Å². The monoisotopic (exact) mass is 346 g/mol. The molecule has 0 spiro atoms. The molecule has 2 N–H and O–H groups in total. The SMILES string of the molecule is CCNC(=O)N1CCN(C(C)C(=O)Nc2ccccc2C(C)=O)CC1. The summed E-state index contributed by atoms with van der Waals surface area (Å²) >= 11 is 0. The predicted octanol–water partition coefficient (Wildman–Crippen LogP) is 1.56. The Morgan fingerprint density at radius 1 is 1.12 bits per heavy atom. The van der Waals surface area contributed by atoms with Gasteiger partial charge >= 0.3 is 6.03 Å². The average Bonchev–Trinajstić information content (AvgIpc) is 2.61. The van der Waals surface area contributed by atoms with Crippen molar-refractivity contribution >= 4 is 23.4 Å². The number of ketones is 1. The quantitative estimate of drug-likeness (QED) is 0.793. The number of hydrogen-bond acceptors (Lipinski definition) is 4. The van der Waals surface area contributed by atoms with Gasteiger partial charge < -0.3 is 15.5 Å². The Labute approximate surface area is 148 Å². The highest BCUT2D eigenvalue weighted by Crippen LogP contribution is 2.17. The summed E-state index contributed by atoms with van der Waals surface area (Å²) in [5.74, 6) is -0.237. The van der Waals surface area contributed by atoms with E-state index in [4.69, 9.17) is 0 Å². The molecule has 1 saturated heterocycles. The molecular weight excluding hydrogens is 320 g/mol. The molecule has 1 atom stereocenters. The standard InChI is InChI=1S/C18H26N4O3/c1-4-19-18(25)22-11-9-21(10-12-22)13(2)17(24)20-16-8-6-5-7-15(16)14(3)23/h5-8,13H,4,9-12H2,1-3H3,(H,19,25)(H,20,24). The number of nitrogens with zero attached hydrogens (tertiary/aromatic N) is 2. The Bertz CT molecular complexity index is 639. The Balaban J connectivity index is 1.93. The van der Waals surface area contributed by atoms with Crippen molar-refractivity contribution in [3.05, 3.63) is 29.8 Å². The molecule has 136 valence electrons. The second-order valence-electron chi connectivity index (χ2n) is 6.13. The summed E-state index contributed by atoms with van der Waals surface area (Å²) in [6.07, 6.45) is 0. The highest BCUT2D eigenvalue weighted by Gasteiger charge is 2.27. The summed E-state index contributed by atoms with van der Waals surface area (Å²) in [6.45, 7) is 8.27. The van der Waals surface area contributed by atoms with Crippen LogP contribution in [0.25, 0.3) is 0 Å². The molecule has 0 aromatic heterocycles. The van der Waals surface area contributed by atoms with Crippen molar-refractivity contribution in [2.24, 2.45) is 0 Å². The van der Waals surface area contributed by atoms with Crippen LogP contribution >= 0.6 is 0 Å². The zero-order valence-corrected chi connectivity index (χ0v) is 15.0. The number of para-hydroxylation sites is 1. The van der Waals surface area contributed by atoms with Gasteiger partial charge in [-0.05, 0) is 32.9 Å². The van der Waals surface area contributed by atoms with Gasteiger partial charge in [0.15, 0.2) is 5.78 Å². The summed E-state index contributed by atoms with van der Waals surface area (Å²) in [4.78, 5) is 39.9. The molecule has 1 unspecified atom stereocenters. The third kappa shape index (κ3) is 4.79. The molecule has 0 aliphatic carbocycles. The number of urea groups is 1. The predicted molar refractivity (Wildman–Crippen MR) is 96.8 cm³/mol. The highest BCUT2D eigenvalue weighted by molar-refractivity contribution is 6.04. The minimum Gasteiger partial charge on any atom is -0.338 e. The first-order chi connectivity index (χ1) is 11.9. The van der Waals surface area contributed by atoms with Crippen LogP contribution in [0, 0.1) is 0 Å². The molecule has 0 saturated carbocycles. The Kier molecular flexibility index (Phi) is 6.52. The largest absolute Gasteiger partial charge is 0.338 e. The number of nitrogens with one attached hydrogen (secondary N) is 2. The van der Waals surface area contributed by atoms with Gasteiger partial charge in [0.1, 0.15) is 0 Å². The van der Waals surface area contributed by atoms with Crippen molar-refractivity contribution in [2.75, 3.05) is 38.0 Å². The lowest BCUT2D eigenvalue weighted by molar-refractivity contribution is -0.121. The first-order valence-corrected chi connectivity index (χ1v) is 8.61. The summed E-state index contributed by atoms with van der Waals surface area (Å²) in [5.41, 5.74) is 1.04. The second kappa shape index (κ2) is 8.62. The van der Waals surface area contributed by atoms with Gasteiger partial charge in [-0.2, -0.15) is 0 Å². The van der Waals surface area contributed by atoms with E-state index in [9.17, 15) is 14.4 Å². The minimum absolute atomic E-state index is 0.0605. The molecule has 0 bridgehead atoms. The maximum absolute atomic E-state index is 12.5. The third-order valence-corrected chi connectivity index (χ3v) is 4.42. The Morgan fingerprint density at radius 2 is 1.76 bits per heavy atom. The maximum atomic E-state index is 12.5. The third-order valence-electron chi connectivity index (χ3n) is 4.42. The molecular formula is C18H26N4O3. The van der Waals surface area contributed by atoms with Crippen LogP contribution in [0.3, 0.4) is 0 Å². The van der Waals surface area contributed by atoms with E-state index in [1.807, 2.05) is 18.7 Å². The lowest BCUT2D eigenvalue weighted by Crippen LogP contribution is -2.55. The highest BCUT2D eigenvalue weighted by atomic mass is 16.2. The van der Waals surface area contributed by atoms with Gasteiger partial charge in [-0.15, -0.1) is 0 Å². The zero-order valence-electron chi connectivity index (χ0n) is 15.0. The van der Waals surface area contributed by atoms with E-state index in [0.29, 0.717) is 44.0 Å². The van der Waals surface area contributed by atoms with Crippen molar-refractivity contribution in [3.8, 4) is 0 Å². The lowest BCUT2D eigenvalue weighted by atomic mass is 10.1. The van der Waals surface area contributed by atoms with Crippen LogP contribution in [0.4, 0.5) is 10.5 Å². The van der Waals surface area contributed by atoms with Crippen LogP contribution in [-0.4, -0.2) is 66.3 Å². The van der Waals surface area contributed by atoms with Crippen molar-refractivity contribution < 1.29 is 14.4 Å². The van der Waals surface area contributed by atoms with Crippen LogP contribution in [-0.2, 0) is 4.79 Å². The fraction of sp³-hybridized carbons (Fsp3) is 0.500. The Hall–Kier alpha value is -2.41. The fourth-order valence-corrected chi connectivity index (χ4v) is 2.88. The Morgan fingerprint density at radius 3 is 2.36 bits per heavy atom. The normalized spacial score (nSPS) is 16.2. The van der Waals surface area contributed by atoms with E-state index in [1.165, 1.54) is 6.92 Å². The van der Waals surface area contributed by atoms with E-state index in [-0.39, 0.29) is 23.8 Å². The number of carbonyl (C=O) groups excluding carboxylic acids is 3. The molecule has 1 fully saturated rings. The molecule has 1 aliphatic rings. The number of carbonyl (C=O) groups is 3. The molecule has 1 aromatic rings. The van der Waals surface area contributed by atoms with Gasteiger partial charge in [-0.25, -0.2) is 4.79 Å². The molecule has 25 heavy (non-hydrogen) atoms. The van der Waals surface area contributed by atoms with Crippen LogP contribution in [0.5, 0.6) is 0 Å². The average molecular weight is 346 g/mol. The number of rotatable bonds is 5. The van der Waals surface area contributed by atoms with E-state index < -0.39 is 0 Å². The van der Waals surface area contributed by atoms with Gasteiger partial charge in [0.2, 0.25) is 5.91 Å². The molecule has 1 aliphatic heterocycles. The fourth-order valence-electron chi connectivity index (χ4n) is 2.88. The molecule has 1 heterocycles. The summed E-state index contributed by atoms with van der Waals surface area (Å²) in [6, 6.07) is 6.60. The van der Waals surface area contributed by atoms with Crippen molar-refractivity contribution in [1.82, 2.24) is 15.1 Å². The minimum atomic E-state index is -0.337. The number of hydrogen-bond donors (Lipinski definition) is 2. The number of benzene rings is 1. The summed E-state index contributed by atoms with van der Waals surface area (Å²) in [5, 5.41) is 5.64. The van der Waals surface area contributed by atoms with Gasteiger partial charge in [-0.3, -0.25) is 14.5 Å². The number of anilines is 1. The molecule has 2 rings (SSSR count). The van der Waals surface area contributed by atoms with Crippen LogP contribution in [0.2, 0.25) is 0 Å². The van der Waals surface area contributed by atoms with Gasteiger partial charge in [-0.1, -0.05) is 12.1 Å². The van der Waals surface area contributed by atoms with E-state index in [2.05, 4.69) is 10.6 Å². The molecule has 0 radical (unpaired) electrons. The maximum Gasteiger partial charge on any atom is 0.317 e. The van der Waals surface area contributed by atoms with Crippen LogP contribution in [0.1, 0.15) is 31.1 Å². The van der Waals surface area contributed by atoms with Crippen molar-refractivity contribution in [1.29, 1.82) is 0 Å². The topological polar surface area (TPSA) is 81.8 Å². The van der Waals surface area contributed by atoms with Crippen molar-refractivity contribution in [3.63, 3.8) is 0 Å². The number of Topliss-reactive ketones (excluding diaryl/α,β-unsaturated/α-hetero) is 1. The van der Waals surface area contributed by atoms with Gasteiger partial charge in [0, 0.05) is 38.3 Å². The lowest BCUT2D eigenvalue weighted by Gasteiger charge is -2.37. The molecule has 7 heteroatoms. The first-order valence-electron chi connectivity index (χ1n) is 8.61. The van der Waals surface area contributed by atoms with Crippen molar-refractivity contribution in [2.45, 2.75) is 26.8 Å². The smallest absolute Gasteiger partial charge is 0.317 e. The number of piperazine rings is 1. The molecule has 1 aromatic carbocycles. The second-order valence-corrected chi connectivity index (χ2v) is 6.13. The van der Waals surface area contributed by atoms with Crippen LogP contribution < -0.4 is 10.6 Å². The zero-order chi connectivity index (χ0) is 18.4. The summed E-state index contributed by atoms with van der Waals surface area (Å²) in [7, 11) is 0. The first kappa shape index (κ1) is 18.9. The number of amides is 3.